The maximum atomic E-state index is 13.6. The minimum atomic E-state index is -0.640. The molecule has 1 amide bonds. The summed E-state index contributed by atoms with van der Waals surface area (Å²) in [4.78, 5) is 11.7. The number of benzene rings is 2. The van der Waals surface area contributed by atoms with Gasteiger partial charge < -0.3 is 15.2 Å². The van der Waals surface area contributed by atoms with Crippen LogP contribution >= 0.6 is 0 Å². The quantitative estimate of drug-likeness (QED) is 0.862. The monoisotopic (exact) mass is 303 g/mol. The molecule has 0 heterocycles. The van der Waals surface area contributed by atoms with Gasteiger partial charge in [0.25, 0.3) is 0 Å². The summed E-state index contributed by atoms with van der Waals surface area (Å²) in [6, 6.07) is 14.9. The fourth-order valence-electron chi connectivity index (χ4n) is 2.02. The van der Waals surface area contributed by atoms with Gasteiger partial charge in [-0.1, -0.05) is 48.5 Å². The molecule has 2 rings (SSSR count). The highest BCUT2D eigenvalue weighted by Gasteiger charge is 2.15. The first-order valence-corrected chi connectivity index (χ1v) is 7.00. The molecule has 2 N–H and O–H groups in total. The van der Waals surface area contributed by atoms with E-state index in [9.17, 15) is 14.3 Å². The summed E-state index contributed by atoms with van der Waals surface area (Å²) in [5, 5.41) is 11.9. The summed E-state index contributed by atoms with van der Waals surface area (Å²) in [7, 11) is 0. The minimum absolute atomic E-state index is 0.143. The largest absolute Gasteiger partial charge is 0.445 e. The van der Waals surface area contributed by atoms with E-state index in [1.54, 1.807) is 18.2 Å². The van der Waals surface area contributed by atoms with Crippen molar-refractivity contribution in [2.45, 2.75) is 19.1 Å². The molecule has 0 fully saturated rings. The molecule has 0 radical (unpaired) electrons. The van der Waals surface area contributed by atoms with Crippen molar-refractivity contribution in [3.05, 3.63) is 71.5 Å². The van der Waals surface area contributed by atoms with Crippen LogP contribution < -0.4 is 5.32 Å². The highest BCUT2D eigenvalue weighted by molar-refractivity contribution is 5.67. The number of aliphatic hydroxyl groups is 1. The summed E-state index contributed by atoms with van der Waals surface area (Å²) in [6.45, 7) is -0.153. The molecule has 0 saturated carbocycles. The molecule has 22 heavy (non-hydrogen) atoms. The average molecular weight is 303 g/mol. The molecular formula is C17H18FNO3. The van der Waals surface area contributed by atoms with Crippen molar-refractivity contribution in [1.82, 2.24) is 5.32 Å². The Hall–Kier alpha value is -2.40. The van der Waals surface area contributed by atoms with Crippen molar-refractivity contribution < 1.29 is 19.0 Å². The van der Waals surface area contributed by atoms with Crippen LogP contribution in [0.1, 0.15) is 11.1 Å². The Kier molecular flexibility index (Phi) is 5.91. The summed E-state index contributed by atoms with van der Waals surface area (Å²) >= 11 is 0. The number of carbonyl (C=O) groups is 1. The van der Waals surface area contributed by atoms with Gasteiger partial charge in [0, 0.05) is 0 Å². The third-order valence-electron chi connectivity index (χ3n) is 3.18. The van der Waals surface area contributed by atoms with Crippen molar-refractivity contribution in [2.75, 3.05) is 6.61 Å². The van der Waals surface area contributed by atoms with Crippen LogP contribution in [0.4, 0.5) is 9.18 Å². The van der Waals surface area contributed by atoms with Crippen LogP contribution in [0.2, 0.25) is 0 Å². The van der Waals surface area contributed by atoms with Gasteiger partial charge in [0.15, 0.2) is 0 Å². The van der Waals surface area contributed by atoms with Crippen molar-refractivity contribution in [3.8, 4) is 0 Å². The molecule has 0 spiro atoms. The average Bonchev–Trinajstić information content (AvgIpc) is 2.55. The predicted octanol–water partition coefficient (Wildman–Crippen LogP) is 2.66. The van der Waals surface area contributed by atoms with Crippen molar-refractivity contribution in [2.24, 2.45) is 0 Å². The second kappa shape index (κ2) is 8.14. The number of hydrogen-bond donors (Lipinski definition) is 2. The zero-order chi connectivity index (χ0) is 15.8. The number of halogens is 1. The number of carbonyl (C=O) groups excluding carboxylic acids is 1. The molecule has 0 bridgehead atoms. The lowest BCUT2D eigenvalue weighted by Gasteiger charge is -2.16. The lowest BCUT2D eigenvalue weighted by atomic mass is 10.1. The van der Waals surface area contributed by atoms with E-state index in [1.807, 2.05) is 30.3 Å². The lowest BCUT2D eigenvalue weighted by Crippen LogP contribution is -2.39. The normalized spacial score (nSPS) is 11.7. The second-order valence-corrected chi connectivity index (χ2v) is 4.88. The maximum Gasteiger partial charge on any atom is 0.407 e. The van der Waals surface area contributed by atoms with Gasteiger partial charge in [-0.15, -0.1) is 0 Å². The Bertz CT molecular complexity index is 604. The molecule has 116 valence electrons. The highest BCUT2D eigenvalue weighted by atomic mass is 19.1. The van der Waals surface area contributed by atoms with Crippen LogP contribution in [0, 0.1) is 5.82 Å². The minimum Gasteiger partial charge on any atom is -0.445 e. The van der Waals surface area contributed by atoms with E-state index in [2.05, 4.69) is 5.32 Å². The number of rotatable bonds is 6. The van der Waals surface area contributed by atoms with Gasteiger partial charge in [-0.25, -0.2) is 9.18 Å². The first-order valence-electron chi connectivity index (χ1n) is 7.00. The van der Waals surface area contributed by atoms with E-state index < -0.39 is 12.1 Å². The smallest absolute Gasteiger partial charge is 0.407 e. The van der Waals surface area contributed by atoms with Gasteiger partial charge in [-0.2, -0.15) is 0 Å². The van der Waals surface area contributed by atoms with E-state index >= 15 is 0 Å². The Labute approximate surface area is 128 Å². The van der Waals surface area contributed by atoms with Crippen molar-refractivity contribution >= 4 is 6.09 Å². The molecular weight excluding hydrogens is 285 g/mol. The van der Waals surface area contributed by atoms with Gasteiger partial charge in [0.1, 0.15) is 12.4 Å². The predicted molar refractivity (Wildman–Crippen MR) is 80.7 cm³/mol. The molecule has 0 aliphatic carbocycles. The highest BCUT2D eigenvalue weighted by Crippen LogP contribution is 2.09. The molecule has 4 nitrogen and oxygen atoms in total. The third-order valence-corrected chi connectivity index (χ3v) is 3.18. The number of aliphatic hydroxyl groups excluding tert-OH is 1. The van der Waals surface area contributed by atoms with Gasteiger partial charge in [-0.3, -0.25) is 0 Å². The molecule has 2 aromatic rings. The Morgan fingerprint density at radius 1 is 1.14 bits per heavy atom. The maximum absolute atomic E-state index is 13.6. The third kappa shape index (κ3) is 4.86. The molecule has 2 aromatic carbocycles. The van der Waals surface area contributed by atoms with Crippen LogP contribution in [-0.2, 0) is 17.8 Å². The van der Waals surface area contributed by atoms with Gasteiger partial charge in [-0.05, 0) is 23.6 Å². The summed E-state index contributed by atoms with van der Waals surface area (Å²) < 4.78 is 18.6. The number of ether oxygens (including phenoxy) is 1. The van der Waals surface area contributed by atoms with Crippen molar-refractivity contribution in [3.63, 3.8) is 0 Å². The van der Waals surface area contributed by atoms with E-state index in [0.29, 0.717) is 5.56 Å². The Balaban J connectivity index is 1.84. The topological polar surface area (TPSA) is 58.6 Å². The molecule has 0 aliphatic rings. The van der Waals surface area contributed by atoms with Gasteiger partial charge in [0.2, 0.25) is 0 Å². The molecule has 5 heteroatoms. The first-order chi connectivity index (χ1) is 10.7. The van der Waals surface area contributed by atoms with Gasteiger partial charge >= 0.3 is 6.09 Å². The molecule has 1 atom stereocenters. The molecule has 0 unspecified atom stereocenters. The zero-order valence-corrected chi connectivity index (χ0v) is 12.0. The van der Waals surface area contributed by atoms with Crippen LogP contribution in [0.5, 0.6) is 0 Å². The number of amides is 1. The molecule has 0 aliphatic heterocycles. The first kappa shape index (κ1) is 16.0. The van der Waals surface area contributed by atoms with Crippen LogP contribution in [0.15, 0.2) is 54.6 Å². The lowest BCUT2D eigenvalue weighted by molar-refractivity contribution is 0.129. The number of hydrogen-bond acceptors (Lipinski definition) is 3. The van der Waals surface area contributed by atoms with Crippen LogP contribution in [0.25, 0.3) is 0 Å². The summed E-state index contributed by atoms with van der Waals surface area (Å²) in [5.74, 6) is -0.361. The standard InChI is InChI=1S/C17H18FNO3/c18-16-9-5-4-8-14(16)10-15(11-20)19-17(21)22-12-13-6-2-1-3-7-13/h1-9,15,20H,10-12H2,(H,19,21)/t15-/m1/s1. The van der Waals surface area contributed by atoms with Crippen molar-refractivity contribution in [1.29, 1.82) is 0 Å². The molecule has 0 aromatic heterocycles. The second-order valence-electron chi connectivity index (χ2n) is 4.88. The van der Waals surface area contributed by atoms with E-state index in [0.717, 1.165) is 5.56 Å². The van der Waals surface area contributed by atoms with Crippen LogP contribution in [0.3, 0.4) is 0 Å². The molecule has 0 saturated heterocycles. The van der Waals surface area contributed by atoms with Gasteiger partial charge in [0.05, 0.1) is 12.6 Å². The van der Waals surface area contributed by atoms with E-state index in [1.165, 1.54) is 6.07 Å². The van der Waals surface area contributed by atoms with Crippen LogP contribution in [-0.4, -0.2) is 23.8 Å². The summed E-state index contributed by atoms with van der Waals surface area (Å²) in [6.07, 6.45) is -0.442. The zero-order valence-electron chi connectivity index (χ0n) is 12.0. The number of alkyl carbamates (subject to hydrolysis) is 1. The SMILES string of the molecule is O=C(N[C@@H](CO)Cc1ccccc1F)OCc1ccccc1. The fourth-order valence-corrected chi connectivity index (χ4v) is 2.02. The number of nitrogens with one attached hydrogen (secondary N) is 1. The Morgan fingerprint density at radius 2 is 1.82 bits per heavy atom. The van der Waals surface area contributed by atoms with E-state index in [-0.39, 0.29) is 25.5 Å². The Morgan fingerprint density at radius 3 is 2.50 bits per heavy atom. The fraction of sp³-hybridized carbons (Fsp3) is 0.235. The van der Waals surface area contributed by atoms with E-state index in [4.69, 9.17) is 4.74 Å². The summed E-state index contributed by atoms with van der Waals surface area (Å²) in [5.41, 5.74) is 1.30.